The lowest BCUT2D eigenvalue weighted by Crippen LogP contribution is -2.05. The number of hydrogen-bond donors (Lipinski definition) is 0. The van der Waals surface area contributed by atoms with Crippen molar-refractivity contribution in [2.45, 2.75) is 20.0 Å². The predicted octanol–water partition coefficient (Wildman–Crippen LogP) is 4.33. The van der Waals surface area contributed by atoms with Crippen LogP contribution >= 0.6 is 11.3 Å². The molecule has 0 aliphatic carbocycles. The largest absolute Gasteiger partial charge is 0.491 e. The highest BCUT2D eigenvalue weighted by molar-refractivity contribution is 7.08. The van der Waals surface area contributed by atoms with E-state index in [1.807, 2.05) is 49.6 Å². The van der Waals surface area contributed by atoms with Crippen LogP contribution in [0.1, 0.15) is 29.8 Å². The molecule has 1 aromatic heterocycles. The van der Waals surface area contributed by atoms with Crippen LogP contribution in [0.15, 0.2) is 46.7 Å². The van der Waals surface area contributed by atoms with Gasteiger partial charge < -0.3 is 4.74 Å². The molecular formula is C17H15NO2S. The molecule has 0 N–H and O–H groups in total. The molecule has 0 amide bonds. The van der Waals surface area contributed by atoms with Gasteiger partial charge in [0, 0.05) is 10.9 Å². The zero-order chi connectivity index (χ0) is 15.2. The van der Waals surface area contributed by atoms with Gasteiger partial charge in [0.15, 0.2) is 0 Å². The van der Waals surface area contributed by atoms with E-state index >= 15 is 0 Å². The normalized spacial score (nSPS) is 11.2. The maximum Gasteiger partial charge on any atom is 0.204 e. The summed E-state index contributed by atoms with van der Waals surface area (Å²) in [5, 5.41) is 12.7. The van der Waals surface area contributed by atoms with Gasteiger partial charge in [0.05, 0.1) is 6.10 Å². The maximum absolute atomic E-state index is 12.1. The lowest BCUT2D eigenvalue weighted by molar-refractivity contribution is 0.104. The van der Waals surface area contributed by atoms with Crippen molar-refractivity contribution in [1.29, 1.82) is 5.26 Å². The van der Waals surface area contributed by atoms with Gasteiger partial charge in [-0.05, 0) is 49.1 Å². The Balaban J connectivity index is 2.20. The molecule has 0 saturated carbocycles. The van der Waals surface area contributed by atoms with E-state index < -0.39 is 0 Å². The molecule has 3 nitrogen and oxygen atoms in total. The first kappa shape index (κ1) is 15.0. The minimum absolute atomic E-state index is 0.112. The van der Waals surface area contributed by atoms with Crippen LogP contribution in [0.5, 0.6) is 5.75 Å². The fourth-order valence-corrected chi connectivity index (χ4v) is 2.42. The molecule has 0 atom stereocenters. The fourth-order valence-electron chi connectivity index (χ4n) is 1.78. The highest BCUT2D eigenvalue weighted by Gasteiger charge is 2.12. The van der Waals surface area contributed by atoms with Crippen LogP contribution in [-0.4, -0.2) is 11.9 Å². The van der Waals surface area contributed by atoms with Crippen LogP contribution in [0.3, 0.4) is 0 Å². The predicted molar refractivity (Wildman–Crippen MR) is 84.4 cm³/mol. The van der Waals surface area contributed by atoms with Crippen molar-refractivity contribution in [3.05, 3.63) is 57.8 Å². The molecule has 2 aromatic rings. The Morgan fingerprint density at radius 2 is 2.00 bits per heavy atom. The van der Waals surface area contributed by atoms with Crippen LogP contribution < -0.4 is 4.74 Å². The number of nitriles is 1. The number of benzene rings is 1. The van der Waals surface area contributed by atoms with Gasteiger partial charge in [-0.1, -0.05) is 12.1 Å². The Morgan fingerprint density at radius 1 is 1.29 bits per heavy atom. The minimum Gasteiger partial charge on any atom is -0.491 e. The second-order valence-electron chi connectivity index (χ2n) is 4.75. The third kappa shape index (κ3) is 4.04. The second kappa shape index (κ2) is 6.87. The monoisotopic (exact) mass is 297 g/mol. The second-order valence-corrected chi connectivity index (χ2v) is 5.53. The van der Waals surface area contributed by atoms with E-state index in [-0.39, 0.29) is 17.5 Å². The summed E-state index contributed by atoms with van der Waals surface area (Å²) in [5.74, 6) is 0.520. The fraction of sp³-hybridized carbons (Fsp3) is 0.176. The van der Waals surface area contributed by atoms with Crippen LogP contribution in [-0.2, 0) is 0 Å². The summed E-state index contributed by atoms with van der Waals surface area (Å²) in [6.07, 6.45) is 1.71. The number of rotatable bonds is 5. The van der Waals surface area contributed by atoms with Gasteiger partial charge >= 0.3 is 0 Å². The summed E-state index contributed by atoms with van der Waals surface area (Å²) < 4.78 is 5.56. The quantitative estimate of drug-likeness (QED) is 0.469. The molecule has 21 heavy (non-hydrogen) atoms. The molecule has 1 heterocycles. The van der Waals surface area contributed by atoms with Crippen LogP contribution in [0.4, 0.5) is 0 Å². The first-order chi connectivity index (χ1) is 10.1. The standard InChI is InChI=1S/C17H15NO2S/c1-12(2)20-16-5-3-13(4-6-16)9-15(10-18)17(19)14-7-8-21-11-14/h3-9,11-12H,1-2H3. The van der Waals surface area contributed by atoms with E-state index in [1.165, 1.54) is 11.3 Å². The maximum atomic E-state index is 12.1. The van der Waals surface area contributed by atoms with Gasteiger partial charge in [0.1, 0.15) is 17.4 Å². The highest BCUT2D eigenvalue weighted by Crippen LogP contribution is 2.18. The summed E-state index contributed by atoms with van der Waals surface area (Å²) in [6, 6.07) is 11.0. The number of hydrogen-bond acceptors (Lipinski definition) is 4. The van der Waals surface area contributed by atoms with Gasteiger partial charge in [0.2, 0.25) is 5.78 Å². The molecule has 0 radical (unpaired) electrons. The van der Waals surface area contributed by atoms with Crippen LogP contribution in [0.25, 0.3) is 6.08 Å². The van der Waals surface area contributed by atoms with Crippen molar-refractivity contribution >= 4 is 23.2 Å². The molecule has 0 saturated heterocycles. The molecule has 4 heteroatoms. The van der Waals surface area contributed by atoms with Crippen molar-refractivity contribution < 1.29 is 9.53 Å². The first-order valence-electron chi connectivity index (χ1n) is 6.55. The van der Waals surface area contributed by atoms with E-state index in [0.29, 0.717) is 5.56 Å². The van der Waals surface area contributed by atoms with Crippen molar-refractivity contribution in [3.63, 3.8) is 0 Å². The third-order valence-electron chi connectivity index (χ3n) is 2.71. The molecule has 1 aromatic carbocycles. The van der Waals surface area contributed by atoms with Crippen molar-refractivity contribution in [2.24, 2.45) is 0 Å². The molecule has 106 valence electrons. The number of nitrogens with zero attached hydrogens (tertiary/aromatic N) is 1. The summed E-state index contributed by atoms with van der Waals surface area (Å²) in [5.41, 5.74) is 1.48. The average molecular weight is 297 g/mol. The SMILES string of the molecule is CC(C)Oc1ccc(C=C(C#N)C(=O)c2ccsc2)cc1. The summed E-state index contributed by atoms with van der Waals surface area (Å²) in [4.78, 5) is 12.1. The van der Waals surface area contributed by atoms with Gasteiger partial charge in [0.25, 0.3) is 0 Å². The van der Waals surface area contributed by atoms with Crippen molar-refractivity contribution in [3.8, 4) is 11.8 Å². The number of Topliss-reactive ketones (excluding diaryl/α,β-unsaturated/α-hetero) is 1. The zero-order valence-electron chi connectivity index (χ0n) is 11.9. The molecular weight excluding hydrogens is 282 g/mol. The number of allylic oxidation sites excluding steroid dienone is 1. The van der Waals surface area contributed by atoms with Crippen molar-refractivity contribution in [1.82, 2.24) is 0 Å². The van der Waals surface area contributed by atoms with Gasteiger partial charge in [-0.15, -0.1) is 0 Å². The number of thiophene rings is 1. The first-order valence-corrected chi connectivity index (χ1v) is 7.50. The smallest absolute Gasteiger partial charge is 0.204 e. The summed E-state index contributed by atoms with van der Waals surface area (Å²) in [7, 11) is 0. The lowest BCUT2D eigenvalue weighted by Gasteiger charge is -2.09. The lowest BCUT2D eigenvalue weighted by atomic mass is 10.0. The Bertz CT molecular complexity index is 677. The molecule has 0 unspecified atom stereocenters. The average Bonchev–Trinajstić information content (AvgIpc) is 2.99. The Kier molecular flexibility index (Phi) is 4.91. The molecule has 0 aliphatic rings. The third-order valence-corrected chi connectivity index (χ3v) is 3.39. The minimum atomic E-state index is -0.249. The van der Waals surface area contributed by atoms with E-state index in [1.54, 1.807) is 17.5 Å². The van der Waals surface area contributed by atoms with E-state index in [0.717, 1.165) is 11.3 Å². The summed E-state index contributed by atoms with van der Waals surface area (Å²) in [6.45, 7) is 3.92. The van der Waals surface area contributed by atoms with Gasteiger partial charge in [-0.2, -0.15) is 16.6 Å². The number of ether oxygens (including phenoxy) is 1. The van der Waals surface area contributed by atoms with Crippen molar-refractivity contribution in [2.75, 3.05) is 0 Å². The number of ketones is 1. The Labute approximate surface area is 128 Å². The van der Waals surface area contributed by atoms with Crippen LogP contribution in [0.2, 0.25) is 0 Å². The van der Waals surface area contributed by atoms with E-state index in [2.05, 4.69) is 0 Å². The summed E-state index contributed by atoms with van der Waals surface area (Å²) >= 11 is 1.44. The molecule has 0 spiro atoms. The Hall–Kier alpha value is -2.38. The zero-order valence-corrected chi connectivity index (χ0v) is 12.7. The topological polar surface area (TPSA) is 50.1 Å². The molecule has 0 bridgehead atoms. The van der Waals surface area contributed by atoms with E-state index in [9.17, 15) is 4.79 Å². The molecule has 0 aliphatic heterocycles. The number of carbonyl (C=O) groups is 1. The van der Waals surface area contributed by atoms with Crippen LogP contribution in [0, 0.1) is 11.3 Å². The van der Waals surface area contributed by atoms with E-state index in [4.69, 9.17) is 10.00 Å². The van der Waals surface area contributed by atoms with Gasteiger partial charge in [-0.25, -0.2) is 0 Å². The van der Waals surface area contributed by atoms with Gasteiger partial charge in [-0.3, -0.25) is 4.79 Å². The highest BCUT2D eigenvalue weighted by atomic mass is 32.1. The molecule has 0 fully saturated rings. The molecule has 2 rings (SSSR count). The Morgan fingerprint density at radius 3 is 2.52 bits per heavy atom. The number of carbonyl (C=O) groups excluding carboxylic acids is 1.